The molecule has 0 aliphatic heterocycles. The highest BCUT2D eigenvalue weighted by atomic mass is 16.5. The van der Waals surface area contributed by atoms with Gasteiger partial charge in [-0.25, -0.2) is 0 Å². The van der Waals surface area contributed by atoms with E-state index in [1.54, 1.807) is 0 Å². The van der Waals surface area contributed by atoms with Crippen LogP contribution >= 0.6 is 0 Å². The maximum Gasteiger partial charge on any atom is 0.224 e. The molecule has 0 fully saturated rings. The molecule has 1 atom stereocenters. The molecule has 3 aromatic rings. The van der Waals surface area contributed by atoms with Gasteiger partial charge in [-0.2, -0.15) is 0 Å². The predicted molar refractivity (Wildman–Crippen MR) is 103 cm³/mol. The van der Waals surface area contributed by atoms with Crippen molar-refractivity contribution < 1.29 is 14.6 Å². The number of amides is 1. The first kappa shape index (κ1) is 18.0. The molecule has 134 valence electrons. The van der Waals surface area contributed by atoms with Crippen LogP contribution in [0.4, 0.5) is 0 Å². The first-order chi connectivity index (χ1) is 12.7. The van der Waals surface area contributed by atoms with Crippen molar-refractivity contribution in [2.45, 2.75) is 19.4 Å². The first-order valence-electron chi connectivity index (χ1n) is 8.81. The number of benzene rings is 3. The zero-order valence-electron chi connectivity index (χ0n) is 14.8. The molecule has 0 saturated carbocycles. The van der Waals surface area contributed by atoms with Gasteiger partial charge in [-0.05, 0) is 41.0 Å². The zero-order chi connectivity index (χ0) is 18.4. The second-order valence-electron chi connectivity index (χ2n) is 6.14. The molecule has 4 nitrogen and oxygen atoms in total. The van der Waals surface area contributed by atoms with Crippen LogP contribution in [-0.2, 0) is 11.2 Å². The monoisotopic (exact) mass is 349 g/mol. The highest BCUT2D eigenvalue weighted by Gasteiger charge is 2.12. The van der Waals surface area contributed by atoms with Crippen molar-refractivity contribution in [2.75, 3.05) is 13.2 Å². The summed E-state index contributed by atoms with van der Waals surface area (Å²) in [6.07, 6.45) is -0.473. The largest absolute Gasteiger partial charge is 0.494 e. The molecule has 0 bridgehead atoms. The zero-order valence-corrected chi connectivity index (χ0v) is 14.8. The van der Waals surface area contributed by atoms with Gasteiger partial charge < -0.3 is 15.2 Å². The SMILES string of the molecule is CCOc1ccc(CC(=O)NCC(O)c2cccc3ccccc23)cc1. The summed E-state index contributed by atoms with van der Waals surface area (Å²) < 4.78 is 5.40. The average molecular weight is 349 g/mol. The quantitative estimate of drug-likeness (QED) is 0.685. The van der Waals surface area contributed by atoms with Crippen LogP contribution in [0.1, 0.15) is 24.2 Å². The fourth-order valence-electron chi connectivity index (χ4n) is 2.98. The number of rotatable bonds is 7. The van der Waals surface area contributed by atoms with E-state index in [9.17, 15) is 9.90 Å². The summed E-state index contributed by atoms with van der Waals surface area (Å²) in [6, 6.07) is 21.2. The Kier molecular flexibility index (Phi) is 5.87. The molecule has 0 radical (unpaired) electrons. The molecule has 0 heterocycles. The standard InChI is InChI=1S/C22H23NO3/c1-2-26-18-12-10-16(11-13-18)14-22(25)23-15-21(24)20-9-5-7-17-6-3-4-8-19(17)20/h3-13,21,24H,2,14-15H2,1H3,(H,23,25). The summed E-state index contributed by atoms with van der Waals surface area (Å²) in [5, 5.41) is 15.4. The molecule has 0 aliphatic rings. The average Bonchev–Trinajstić information content (AvgIpc) is 2.67. The maximum atomic E-state index is 12.2. The molecule has 1 unspecified atom stereocenters. The van der Waals surface area contributed by atoms with Crippen LogP contribution in [0.15, 0.2) is 66.7 Å². The Labute approximate surface area is 153 Å². The molecule has 0 aliphatic carbocycles. The Morgan fingerprint density at radius 3 is 2.54 bits per heavy atom. The van der Waals surface area contributed by atoms with E-state index in [1.807, 2.05) is 73.7 Å². The smallest absolute Gasteiger partial charge is 0.224 e. The maximum absolute atomic E-state index is 12.2. The van der Waals surface area contributed by atoms with Gasteiger partial charge in [-0.1, -0.05) is 54.6 Å². The van der Waals surface area contributed by atoms with Gasteiger partial charge >= 0.3 is 0 Å². The lowest BCUT2D eigenvalue weighted by atomic mass is 10.0. The molecular formula is C22H23NO3. The molecule has 3 aromatic carbocycles. The Hall–Kier alpha value is -2.85. The van der Waals surface area contributed by atoms with Crippen LogP contribution < -0.4 is 10.1 Å². The van der Waals surface area contributed by atoms with Crippen molar-refractivity contribution in [3.8, 4) is 5.75 Å². The van der Waals surface area contributed by atoms with E-state index in [2.05, 4.69) is 5.32 Å². The summed E-state index contributed by atoms with van der Waals surface area (Å²) in [7, 11) is 0. The van der Waals surface area contributed by atoms with Crippen molar-refractivity contribution in [1.29, 1.82) is 0 Å². The van der Waals surface area contributed by atoms with Gasteiger partial charge in [0.15, 0.2) is 0 Å². The van der Waals surface area contributed by atoms with Gasteiger partial charge in [0.2, 0.25) is 5.91 Å². The van der Waals surface area contributed by atoms with Crippen LogP contribution in [-0.4, -0.2) is 24.2 Å². The predicted octanol–water partition coefficient (Wildman–Crippen LogP) is 3.63. The van der Waals surface area contributed by atoms with E-state index in [1.165, 1.54) is 0 Å². The minimum Gasteiger partial charge on any atom is -0.494 e. The summed E-state index contributed by atoms with van der Waals surface area (Å²) in [5.41, 5.74) is 1.73. The molecule has 2 N–H and O–H groups in total. The molecular weight excluding hydrogens is 326 g/mol. The van der Waals surface area contributed by atoms with Gasteiger partial charge in [-0.3, -0.25) is 4.79 Å². The van der Waals surface area contributed by atoms with E-state index in [0.717, 1.165) is 27.6 Å². The van der Waals surface area contributed by atoms with Crippen LogP contribution in [0.25, 0.3) is 10.8 Å². The number of carbonyl (C=O) groups excluding carboxylic acids is 1. The normalized spacial score (nSPS) is 11.9. The topological polar surface area (TPSA) is 58.6 Å². The minimum atomic E-state index is -0.745. The first-order valence-corrected chi connectivity index (χ1v) is 8.81. The molecule has 0 saturated heterocycles. The summed E-state index contributed by atoms with van der Waals surface area (Å²) in [4.78, 5) is 12.2. The van der Waals surface area contributed by atoms with Crippen LogP contribution in [0.2, 0.25) is 0 Å². The molecule has 0 aromatic heterocycles. The number of ether oxygens (including phenoxy) is 1. The second-order valence-corrected chi connectivity index (χ2v) is 6.14. The van der Waals surface area contributed by atoms with Crippen molar-refractivity contribution in [1.82, 2.24) is 5.32 Å². The number of fused-ring (bicyclic) bond motifs is 1. The third-order valence-electron chi connectivity index (χ3n) is 4.27. The number of aliphatic hydroxyl groups is 1. The van der Waals surface area contributed by atoms with Crippen LogP contribution in [0, 0.1) is 0 Å². The summed E-state index contributed by atoms with van der Waals surface area (Å²) >= 11 is 0. The molecule has 3 rings (SSSR count). The summed E-state index contributed by atoms with van der Waals surface area (Å²) in [5.74, 6) is 0.677. The van der Waals surface area contributed by atoms with Crippen molar-refractivity contribution in [3.05, 3.63) is 77.9 Å². The number of nitrogens with one attached hydrogen (secondary N) is 1. The van der Waals surface area contributed by atoms with Gasteiger partial charge in [0, 0.05) is 6.54 Å². The van der Waals surface area contributed by atoms with E-state index in [-0.39, 0.29) is 18.9 Å². The van der Waals surface area contributed by atoms with Gasteiger partial charge in [-0.15, -0.1) is 0 Å². The third kappa shape index (κ3) is 4.41. The Morgan fingerprint density at radius 2 is 1.77 bits per heavy atom. The Bertz CT molecular complexity index is 869. The minimum absolute atomic E-state index is 0.117. The van der Waals surface area contributed by atoms with Crippen molar-refractivity contribution >= 4 is 16.7 Å². The molecule has 1 amide bonds. The molecule has 26 heavy (non-hydrogen) atoms. The van der Waals surface area contributed by atoms with Crippen LogP contribution in [0.5, 0.6) is 5.75 Å². The van der Waals surface area contributed by atoms with Crippen molar-refractivity contribution in [2.24, 2.45) is 0 Å². The lowest BCUT2D eigenvalue weighted by Gasteiger charge is -2.15. The number of hydrogen-bond donors (Lipinski definition) is 2. The van der Waals surface area contributed by atoms with Crippen LogP contribution in [0.3, 0.4) is 0 Å². The van der Waals surface area contributed by atoms with Crippen molar-refractivity contribution in [3.63, 3.8) is 0 Å². The fraction of sp³-hybridized carbons (Fsp3) is 0.227. The highest BCUT2D eigenvalue weighted by molar-refractivity contribution is 5.86. The fourth-order valence-corrected chi connectivity index (χ4v) is 2.98. The van der Waals surface area contributed by atoms with E-state index in [0.29, 0.717) is 6.61 Å². The lowest BCUT2D eigenvalue weighted by molar-refractivity contribution is -0.120. The molecule has 0 spiro atoms. The second kappa shape index (κ2) is 8.50. The van der Waals surface area contributed by atoms with E-state index < -0.39 is 6.10 Å². The molecule has 4 heteroatoms. The highest BCUT2D eigenvalue weighted by Crippen LogP contribution is 2.23. The van der Waals surface area contributed by atoms with E-state index in [4.69, 9.17) is 4.74 Å². The Balaban J connectivity index is 1.58. The lowest BCUT2D eigenvalue weighted by Crippen LogP contribution is -2.29. The van der Waals surface area contributed by atoms with Gasteiger partial charge in [0.1, 0.15) is 5.75 Å². The van der Waals surface area contributed by atoms with E-state index >= 15 is 0 Å². The third-order valence-corrected chi connectivity index (χ3v) is 4.27. The number of hydrogen-bond acceptors (Lipinski definition) is 3. The van der Waals surface area contributed by atoms with Gasteiger partial charge in [0.05, 0.1) is 19.1 Å². The summed E-state index contributed by atoms with van der Waals surface area (Å²) in [6.45, 7) is 2.73. The van der Waals surface area contributed by atoms with Gasteiger partial charge in [0.25, 0.3) is 0 Å². The number of aliphatic hydroxyl groups excluding tert-OH is 1. The Morgan fingerprint density at radius 1 is 1.04 bits per heavy atom. The number of carbonyl (C=O) groups is 1.